The predicted molar refractivity (Wildman–Crippen MR) is 65.8 cm³/mol. The third-order valence-corrected chi connectivity index (χ3v) is 3.75. The lowest BCUT2D eigenvalue weighted by Gasteiger charge is -2.33. The number of rotatable bonds is 5. The Kier molecular flexibility index (Phi) is 5.31. The maximum Gasteiger partial charge on any atom is 0.249 e. The molecule has 0 aliphatic heterocycles. The van der Waals surface area contributed by atoms with Crippen molar-refractivity contribution in [1.29, 1.82) is 0 Å². The number of aliphatic hydroxyl groups is 2. The van der Waals surface area contributed by atoms with E-state index in [4.69, 9.17) is 5.11 Å². The van der Waals surface area contributed by atoms with Gasteiger partial charge in [0.15, 0.2) is 0 Å². The van der Waals surface area contributed by atoms with Gasteiger partial charge in [0, 0.05) is 23.3 Å². The van der Waals surface area contributed by atoms with E-state index in [1.165, 1.54) is 0 Å². The van der Waals surface area contributed by atoms with E-state index in [1.54, 1.807) is 13.8 Å². The third kappa shape index (κ3) is 4.18. The average Bonchev–Trinajstić information content (AvgIpc) is 2.38. The molecule has 0 saturated heterocycles. The predicted octanol–water partition coefficient (Wildman–Crippen LogP) is -1.21. The molecule has 1 saturated carbocycles. The van der Waals surface area contributed by atoms with Gasteiger partial charge in [-0.1, -0.05) is 20.3 Å². The maximum absolute atomic E-state index is 11.9. The van der Waals surface area contributed by atoms with Crippen molar-refractivity contribution in [2.45, 2.75) is 51.7 Å². The fraction of sp³-hybridized carbons (Fsp3) is 0.846. The fourth-order valence-corrected chi connectivity index (χ4v) is 2.26. The van der Waals surface area contributed by atoms with Crippen LogP contribution < -0.4 is 10.4 Å². The zero-order valence-corrected chi connectivity index (χ0v) is 11.4. The van der Waals surface area contributed by atoms with Crippen LogP contribution in [0.5, 0.6) is 0 Å². The maximum atomic E-state index is 11.9. The van der Waals surface area contributed by atoms with Crippen molar-refractivity contribution >= 4 is 11.9 Å². The molecular weight excluding hydrogens is 250 g/mol. The molecular formula is C13H22NO5-. The molecule has 0 aromatic carbocycles. The SMILES string of the molecule is CC(C)(CO)C(O)C(=O)NC1CCCC(C(=O)[O-])C1. The minimum atomic E-state index is -1.32. The third-order valence-electron chi connectivity index (χ3n) is 3.75. The van der Waals surface area contributed by atoms with Gasteiger partial charge < -0.3 is 25.4 Å². The highest BCUT2D eigenvalue weighted by atomic mass is 16.4. The van der Waals surface area contributed by atoms with Crippen molar-refractivity contribution in [2.75, 3.05) is 6.61 Å². The van der Waals surface area contributed by atoms with Crippen molar-refractivity contribution in [3.63, 3.8) is 0 Å². The molecule has 6 nitrogen and oxygen atoms in total. The first kappa shape index (κ1) is 15.9. The minimum Gasteiger partial charge on any atom is -0.550 e. The van der Waals surface area contributed by atoms with Gasteiger partial charge in [-0.15, -0.1) is 0 Å². The molecule has 0 radical (unpaired) electrons. The van der Waals surface area contributed by atoms with E-state index >= 15 is 0 Å². The lowest BCUT2D eigenvalue weighted by Crippen LogP contribution is -2.50. The van der Waals surface area contributed by atoms with Crippen LogP contribution in [0.1, 0.15) is 39.5 Å². The number of carbonyl (C=O) groups excluding carboxylic acids is 2. The van der Waals surface area contributed by atoms with Gasteiger partial charge in [0.25, 0.3) is 0 Å². The summed E-state index contributed by atoms with van der Waals surface area (Å²) >= 11 is 0. The number of carboxylic acids is 1. The van der Waals surface area contributed by atoms with E-state index in [2.05, 4.69) is 5.32 Å². The Bertz CT molecular complexity index is 342. The molecule has 0 aromatic rings. The van der Waals surface area contributed by atoms with Gasteiger partial charge in [-0.3, -0.25) is 4.79 Å². The molecule has 3 unspecified atom stereocenters. The molecule has 6 heteroatoms. The number of aliphatic carboxylic acids is 1. The molecule has 3 atom stereocenters. The average molecular weight is 272 g/mol. The lowest BCUT2D eigenvalue weighted by atomic mass is 9.84. The summed E-state index contributed by atoms with van der Waals surface area (Å²) in [7, 11) is 0. The number of carboxylic acid groups (broad SMARTS) is 1. The van der Waals surface area contributed by atoms with Crippen LogP contribution in [-0.2, 0) is 9.59 Å². The minimum absolute atomic E-state index is 0.256. The van der Waals surface area contributed by atoms with E-state index in [0.717, 1.165) is 0 Å². The standard InChI is InChI=1S/C13H23NO5/c1-13(2,7-15)10(16)11(17)14-9-5-3-4-8(6-9)12(18)19/h8-10,15-16H,3-7H2,1-2H3,(H,14,17)(H,18,19)/p-1. The summed E-state index contributed by atoms with van der Waals surface area (Å²) in [6, 6.07) is -0.256. The van der Waals surface area contributed by atoms with Crippen LogP contribution in [0.3, 0.4) is 0 Å². The van der Waals surface area contributed by atoms with Crippen LogP contribution in [0.15, 0.2) is 0 Å². The number of hydrogen-bond donors (Lipinski definition) is 3. The molecule has 1 aliphatic carbocycles. The fourth-order valence-electron chi connectivity index (χ4n) is 2.26. The smallest absolute Gasteiger partial charge is 0.249 e. The Hall–Kier alpha value is -1.14. The number of hydrogen-bond acceptors (Lipinski definition) is 5. The first-order chi connectivity index (χ1) is 8.77. The molecule has 0 bridgehead atoms. The molecule has 1 fully saturated rings. The second kappa shape index (κ2) is 6.34. The second-order valence-corrected chi connectivity index (χ2v) is 5.94. The molecule has 1 amide bonds. The molecule has 1 aliphatic rings. The van der Waals surface area contributed by atoms with Crippen molar-refractivity contribution < 1.29 is 24.9 Å². The van der Waals surface area contributed by atoms with E-state index in [-0.39, 0.29) is 12.6 Å². The van der Waals surface area contributed by atoms with Crippen molar-refractivity contribution in [2.24, 2.45) is 11.3 Å². The monoisotopic (exact) mass is 272 g/mol. The van der Waals surface area contributed by atoms with Crippen molar-refractivity contribution in [1.82, 2.24) is 5.32 Å². The summed E-state index contributed by atoms with van der Waals surface area (Å²) in [6.45, 7) is 2.86. The first-order valence-corrected chi connectivity index (χ1v) is 6.58. The Labute approximate surface area is 112 Å². The van der Waals surface area contributed by atoms with Crippen LogP contribution >= 0.6 is 0 Å². The zero-order chi connectivity index (χ0) is 14.6. The number of nitrogens with one attached hydrogen (secondary N) is 1. The molecule has 0 spiro atoms. The summed E-state index contributed by atoms with van der Waals surface area (Å²) in [6.07, 6.45) is 0.991. The molecule has 0 heterocycles. The Morgan fingerprint density at radius 3 is 2.58 bits per heavy atom. The number of carbonyl (C=O) groups is 2. The van der Waals surface area contributed by atoms with E-state index in [1.807, 2.05) is 0 Å². The zero-order valence-electron chi connectivity index (χ0n) is 11.4. The van der Waals surface area contributed by atoms with E-state index < -0.39 is 29.3 Å². The van der Waals surface area contributed by atoms with Gasteiger partial charge in [-0.05, 0) is 19.3 Å². The summed E-state index contributed by atoms with van der Waals surface area (Å²) in [5.74, 6) is -2.19. The second-order valence-electron chi connectivity index (χ2n) is 5.94. The van der Waals surface area contributed by atoms with Gasteiger partial charge >= 0.3 is 0 Å². The van der Waals surface area contributed by atoms with Gasteiger partial charge in [0.2, 0.25) is 5.91 Å². The number of aliphatic hydroxyl groups excluding tert-OH is 2. The number of amides is 1. The van der Waals surface area contributed by atoms with Gasteiger partial charge in [0.05, 0.1) is 6.61 Å². The summed E-state index contributed by atoms with van der Waals surface area (Å²) in [5, 5.41) is 32.4. The molecule has 1 rings (SSSR count). The van der Waals surface area contributed by atoms with Crippen molar-refractivity contribution in [3.8, 4) is 0 Å². The van der Waals surface area contributed by atoms with Crippen LogP contribution in [-0.4, -0.2) is 40.8 Å². The Balaban J connectivity index is 2.55. The molecule has 19 heavy (non-hydrogen) atoms. The molecule has 0 aromatic heterocycles. The molecule has 110 valence electrons. The van der Waals surface area contributed by atoms with E-state index in [9.17, 15) is 19.8 Å². The summed E-state index contributed by atoms with van der Waals surface area (Å²) in [5.41, 5.74) is -0.924. The highest BCUT2D eigenvalue weighted by Crippen LogP contribution is 2.25. The Morgan fingerprint density at radius 2 is 2.05 bits per heavy atom. The summed E-state index contributed by atoms with van der Waals surface area (Å²) < 4.78 is 0. The van der Waals surface area contributed by atoms with Crippen LogP contribution in [0, 0.1) is 11.3 Å². The topological polar surface area (TPSA) is 110 Å². The highest BCUT2D eigenvalue weighted by molar-refractivity contribution is 5.81. The molecule has 3 N–H and O–H groups in total. The van der Waals surface area contributed by atoms with E-state index in [0.29, 0.717) is 25.7 Å². The normalized spacial score (nSPS) is 25.7. The van der Waals surface area contributed by atoms with Gasteiger partial charge in [-0.2, -0.15) is 0 Å². The van der Waals surface area contributed by atoms with Crippen LogP contribution in [0.25, 0.3) is 0 Å². The summed E-state index contributed by atoms with van der Waals surface area (Å²) in [4.78, 5) is 22.7. The van der Waals surface area contributed by atoms with Crippen LogP contribution in [0.4, 0.5) is 0 Å². The first-order valence-electron chi connectivity index (χ1n) is 6.58. The Morgan fingerprint density at radius 1 is 1.42 bits per heavy atom. The van der Waals surface area contributed by atoms with Crippen LogP contribution in [0.2, 0.25) is 0 Å². The highest BCUT2D eigenvalue weighted by Gasteiger charge is 2.34. The quantitative estimate of drug-likeness (QED) is 0.582. The lowest BCUT2D eigenvalue weighted by molar-refractivity contribution is -0.312. The largest absolute Gasteiger partial charge is 0.550 e. The van der Waals surface area contributed by atoms with Crippen molar-refractivity contribution in [3.05, 3.63) is 0 Å². The van der Waals surface area contributed by atoms with Gasteiger partial charge in [0.1, 0.15) is 6.10 Å². The van der Waals surface area contributed by atoms with Gasteiger partial charge in [-0.25, -0.2) is 0 Å².